The lowest BCUT2D eigenvalue weighted by Gasteiger charge is -2.30. The molecule has 1 aliphatic rings. The molecule has 6 heteroatoms. The van der Waals surface area contributed by atoms with E-state index in [4.69, 9.17) is 4.74 Å². The maximum atomic E-state index is 13.7. The van der Waals surface area contributed by atoms with Gasteiger partial charge in [-0.1, -0.05) is 31.0 Å². The predicted molar refractivity (Wildman–Crippen MR) is 112 cm³/mol. The SMILES string of the molecule is CCNC(=NCc1ccccc1F)NCC1(CCOC)CCCC1.I. The van der Waals surface area contributed by atoms with Crippen molar-refractivity contribution >= 4 is 29.9 Å². The van der Waals surface area contributed by atoms with Gasteiger partial charge in [-0.2, -0.15) is 0 Å². The molecule has 142 valence electrons. The zero-order valence-electron chi connectivity index (χ0n) is 15.3. The number of nitrogens with one attached hydrogen (secondary N) is 2. The van der Waals surface area contributed by atoms with Crippen LogP contribution in [0, 0.1) is 11.2 Å². The minimum absolute atomic E-state index is 0. The van der Waals surface area contributed by atoms with Gasteiger partial charge in [0.15, 0.2) is 5.96 Å². The summed E-state index contributed by atoms with van der Waals surface area (Å²) < 4.78 is 19.0. The fourth-order valence-corrected chi connectivity index (χ4v) is 3.36. The van der Waals surface area contributed by atoms with E-state index >= 15 is 0 Å². The van der Waals surface area contributed by atoms with Crippen molar-refractivity contribution in [2.45, 2.75) is 45.6 Å². The molecule has 0 spiro atoms. The summed E-state index contributed by atoms with van der Waals surface area (Å²) in [5, 5.41) is 6.72. The zero-order valence-corrected chi connectivity index (χ0v) is 17.6. The van der Waals surface area contributed by atoms with Crippen LogP contribution in [0.2, 0.25) is 0 Å². The first-order valence-corrected chi connectivity index (χ1v) is 8.94. The van der Waals surface area contributed by atoms with Crippen LogP contribution in [0.1, 0.15) is 44.6 Å². The monoisotopic (exact) mass is 463 g/mol. The smallest absolute Gasteiger partial charge is 0.191 e. The highest BCUT2D eigenvalue weighted by Crippen LogP contribution is 2.40. The molecule has 0 unspecified atom stereocenters. The summed E-state index contributed by atoms with van der Waals surface area (Å²) in [6.07, 6.45) is 6.11. The lowest BCUT2D eigenvalue weighted by atomic mass is 9.83. The third-order valence-corrected chi connectivity index (χ3v) is 4.84. The lowest BCUT2D eigenvalue weighted by Crippen LogP contribution is -2.43. The molecule has 0 radical (unpaired) electrons. The minimum atomic E-state index is -0.204. The number of aliphatic imine (C=N–C) groups is 1. The molecule has 4 nitrogen and oxygen atoms in total. The summed E-state index contributed by atoms with van der Waals surface area (Å²) in [4.78, 5) is 4.54. The molecular formula is C19H31FIN3O. The van der Waals surface area contributed by atoms with Crippen LogP contribution in [-0.2, 0) is 11.3 Å². The van der Waals surface area contributed by atoms with Crippen LogP contribution < -0.4 is 10.6 Å². The van der Waals surface area contributed by atoms with E-state index in [-0.39, 0.29) is 29.8 Å². The van der Waals surface area contributed by atoms with E-state index in [2.05, 4.69) is 15.6 Å². The quantitative estimate of drug-likeness (QED) is 0.347. The van der Waals surface area contributed by atoms with Crippen LogP contribution in [0.3, 0.4) is 0 Å². The van der Waals surface area contributed by atoms with Crippen molar-refractivity contribution in [1.29, 1.82) is 0 Å². The molecule has 0 heterocycles. The molecule has 0 bridgehead atoms. The topological polar surface area (TPSA) is 45.7 Å². The Hall–Kier alpha value is -0.890. The number of hydrogen-bond donors (Lipinski definition) is 2. The Morgan fingerprint density at radius 2 is 1.96 bits per heavy atom. The van der Waals surface area contributed by atoms with Gasteiger partial charge in [-0.25, -0.2) is 9.38 Å². The Balaban J connectivity index is 0.00000312. The molecular weight excluding hydrogens is 432 g/mol. The average molecular weight is 463 g/mol. The van der Waals surface area contributed by atoms with Gasteiger partial charge < -0.3 is 15.4 Å². The first kappa shape index (κ1) is 22.2. The number of benzene rings is 1. The van der Waals surface area contributed by atoms with Crippen LogP contribution in [0.4, 0.5) is 4.39 Å². The number of rotatable bonds is 8. The zero-order chi connectivity index (χ0) is 17.3. The van der Waals surface area contributed by atoms with Crippen molar-refractivity contribution in [2.75, 3.05) is 26.8 Å². The maximum Gasteiger partial charge on any atom is 0.191 e. The van der Waals surface area contributed by atoms with Crippen molar-refractivity contribution in [3.63, 3.8) is 0 Å². The van der Waals surface area contributed by atoms with E-state index in [1.807, 2.05) is 13.0 Å². The lowest BCUT2D eigenvalue weighted by molar-refractivity contribution is 0.138. The Kier molecular flexibility index (Phi) is 10.3. The Morgan fingerprint density at radius 1 is 1.24 bits per heavy atom. The van der Waals surface area contributed by atoms with Crippen LogP contribution in [0.15, 0.2) is 29.3 Å². The molecule has 1 aromatic rings. The molecule has 0 atom stereocenters. The molecule has 1 saturated carbocycles. The van der Waals surface area contributed by atoms with Gasteiger partial charge in [0.05, 0.1) is 6.54 Å². The highest BCUT2D eigenvalue weighted by Gasteiger charge is 2.33. The highest BCUT2D eigenvalue weighted by atomic mass is 127. The summed E-state index contributed by atoms with van der Waals surface area (Å²) in [5.41, 5.74) is 0.911. The predicted octanol–water partition coefficient (Wildman–Crippen LogP) is 4.10. The molecule has 1 aromatic carbocycles. The third-order valence-electron chi connectivity index (χ3n) is 4.84. The van der Waals surface area contributed by atoms with E-state index in [0.717, 1.165) is 32.1 Å². The van der Waals surface area contributed by atoms with Gasteiger partial charge in [0.2, 0.25) is 0 Å². The Morgan fingerprint density at radius 3 is 2.60 bits per heavy atom. The molecule has 0 amide bonds. The summed E-state index contributed by atoms with van der Waals surface area (Å²) in [6.45, 7) is 4.85. The maximum absolute atomic E-state index is 13.7. The van der Waals surface area contributed by atoms with Crippen molar-refractivity contribution in [1.82, 2.24) is 10.6 Å². The van der Waals surface area contributed by atoms with Crippen molar-refractivity contribution < 1.29 is 9.13 Å². The normalized spacial score (nSPS) is 16.4. The van der Waals surface area contributed by atoms with Crippen LogP contribution >= 0.6 is 24.0 Å². The van der Waals surface area contributed by atoms with Crippen molar-refractivity contribution in [2.24, 2.45) is 10.4 Å². The van der Waals surface area contributed by atoms with Gasteiger partial charge in [-0.15, -0.1) is 24.0 Å². The minimum Gasteiger partial charge on any atom is -0.385 e. The standard InChI is InChI=1S/C19H30FN3O.HI/c1-3-21-18(22-14-16-8-4-5-9-17(16)20)23-15-19(12-13-24-2)10-6-7-11-19;/h4-5,8-9H,3,6-7,10-15H2,1-2H3,(H2,21,22,23);1H. The fraction of sp³-hybridized carbons (Fsp3) is 0.632. The highest BCUT2D eigenvalue weighted by molar-refractivity contribution is 14.0. The number of ether oxygens (including phenoxy) is 1. The van der Waals surface area contributed by atoms with Gasteiger partial charge in [0, 0.05) is 32.4 Å². The van der Waals surface area contributed by atoms with Gasteiger partial charge in [-0.05, 0) is 37.7 Å². The second kappa shape index (κ2) is 11.7. The molecule has 2 rings (SSSR count). The molecule has 2 N–H and O–H groups in total. The van der Waals surface area contributed by atoms with Crippen molar-refractivity contribution in [3.05, 3.63) is 35.6 Å². The number of guanidine groups is 1. The van der Waals surface area contributed by atoms with Crippen LogP contribution in [0.25, 0.3) is 0 Å². The first-order chi connectivity index (χ1) is 11.7. The summed E-state index contributed by atoms with van der Waals surface area (Å²) in [7, 11) is 1.76. The first-order valence-electron chi connectivity index (χ1n) is 8.94. The average Bonchev–Trinajstić information content (AvgIpc) is 3.06. The van der Waals surface area contributed by atoms with Gasteiger partial charge in [0.25, 0.3) is 0 Å². The van der Waals surface area contributed by atoms with E-state index in [0.29, 0.717) is 17.5 Å². The Bertz CT molecular complexity index is 533. The van der Waals surface area contributed by atoms with Crippen LogP contribution in [0.5, 0.6) is 0 Å². The van der Waals surface area contributed by atoms with Gasteiger partial charge >= 0.3 is 0 Å². The molecule has 0 saturated heterocycles. The molecule has 1 fully saturated rings. The summed E-state index contributed by atoms with van der Waals surface area (Å²) in [5.74, 6) is 0.550. The van der Waals surface area contributed by atoms with E-state index in [1.165, 1.54) is 31.7 Å². The molecule has 0 aliphatic heterocycles. The van der Waals surface area contributed by atoms with E-state index in [1.54, 1.807) is 19.2 Å². The summed E-state index contributed by atoms with van der Waals surface area (Å²) >= 11 is 0. The third kappa shape index (κ3) is 7.09. The number of halogens is 2. The Labute approximate surface area is 168 Å². The second-order valence-corrected chi connectivity index (χ2v) is 6.59. The summed E-state index contributed by atoms with van der Waals surface area (Å²) in [6, 6.07) is 6.79. The number of nitrogens with zero attached hydrogens (tertiary/aromatic N) is 1. The molecule has 1 aliphatic carbocycles. The number of methoxy groups -OCH3 is 1. The van der Waals surface area contributed by atoms with E-state index < -0.39 is 0 Å². The molecule has 25 heavy (non-hydrogen) atoms. The fourth-order valence-electron chi connectivity index (χ4n) is 3.36. The number of hydrogen-bond acceptors (Lipinski definition) is 2. The van der Waals surface area contributed by atoms with Gasteiger partial charge in [-0.3, -0.25) is 0 Å². The van der Waals surface area contributed by atoms with Crippen LogP contribution in [-0.4, -0.2) is 32.8 Å². The van der Waals surface area contributed by atoms with Crippen molar-refractivity contribution in [3.8, 4) is 0 Å². The second-order valence-electron chi connectivity index (χ2n) is 6.59. The molecule has 0 aromatic heterocycles. The van der Waals surface area contributed by atoms with E-state index in [9.17, 15) is 4.39 Å². The van der Waals surface area contributed by atoms with Gasteiger partial charge in [0.1, 0.15) is 5.82 Å². The largest absolute Gasteiger partial charge is 0.385 e.